The first kappa shape index (κ1) is 17.7. The maximum absolute atomic E-state index is 12.4. The second-order valence-electron chi connectivity index (χ2n) is 6.99. The van der Waals surface area contributed by atoms with Gasteiger partial charge in [-0.15, -0.1) is 0 Å². The van der Waals surface area contributed by atoms with Gasteiger partial charge in [0.15, 0.2) is 0 Å². The quantitative estimate of drug-likeness (QED) is 0.839. The van der Waals surface area contributed by atoms with Crippen LogP contribution in [0.25, 0.3) is 0 Å². The summed E-state index contributed by atoms with van der Waals surface area (Å²) < 4.78 is 5.90. The van der Waals surface area contributed by atoms with E-state index in [2.05, 4.69) is 22.9 Å². The first-order valence-corrected chi connectivity index (χ1v) is 9.18. The van der Waals surface area contributed by atoms with Crippen molar-refractivity contribution < 1.29 is 9.53 Å². The number of amides is 1. The molecule has 3 rings (SSSR count). The molecule has 0 radical (unpaired) electrons. The predicted octanol–water partition coefficient (Wildman–Crippen LogP) is 2.20. The molecule has 1 saturated heterocycles. The number of carbonyl (C=O) groups is 1. The zero-order valence-electron chi connectivity index (χ0n) is 14.9. The molecule has 1 saturated carbocycles. The number of rotatable bonds is 4. The highest BCUT2D eigenvalue weighted by Gasteiger charge is 2.26. The van der Waals surface area contributed by atoms with E-state index in [1.54, 1.807) is 18.3 Å². The van der Waals surface area contributed by atoms with Gasteiger partial charge in [0.25, 0.3) is 0 Å². The Hall–Kier alpha value is -2.13. The minimum absolute atomic E-state index is 0.0798. The molecule has 1 aromatic heterocycles. The summed E-state index contributed by atoms with van der Waals surface area (Å²) in [6.45, 7) is 5.20. The monoisotopic (exact) mass is 342 g/mol. The minimum atomic E-state index is 0.0798. The molecule has 1 aliphatic heterocycles. The Kier molecular flexibility index (Phi) is 5.87. The van der Waals surface area contributed by atoms with E-state index in [1.165, 1.54) is 19.3 Å². The largest absolute Gasteiger partial charge is 0.368 e. The molecule has 6 heteroatoms. The average molecular weight is 342 g/mol. The molecular formula is C19H26N4O2. The van der Waals surface area contributed by atoms with Crippen LogP contribution in [-0.2, 0) is 9.53 Å². The molecule has 0 spiro atoms. The second-order valence-corrected chi connectivity index (χ2v) is 6.99. The number of anilines is 1. The number of pyridine rings is 1. The van der Waals surface area contributed by atoms with Gasteiger partial charge in [0.05, 0.1) is 17.7 Å². The van der Waals surface area contributed by atoms with Gasteiger partial charge in [0.2, 0.25) is 5.91 Å². The summed E-state index contributed by atoms with van der Waals surface area (Å²) in [5, 5.41) is 9.00. The van der Waals surface area contributed by atoms with Crippen LogP contribution in [0.3, 0.4) is 0 Å². The van der Waals surface area contributed by atoms with Gasteiger partial charge in [-0.2, -0.15) is 5.26 Å². The van der Waals surface area contributed by atoms with Gasteiger partial charge in [-0.25, -0.2) is 4.98 Å². The summed E-state index contributed by atoms with van der Waals surface area (Å²) in [7, 11) is 0. The molecule has 2 aliphatic rings. The van der Waals surface area contributed by atoms with Crippen LogP contribution >= 0.6 is 0 Å². The highest BCUT2D eigenvalue weighted by atomic mass is 16.5. The Balaban J connectivity index is 1.46. The highest BCUT2D eigenvalue weighted by Crippen LogP contribution is 2.26. The minimum Gasteiger partial charge on any atom is -0.368 e. The first-order valence-electron chi connectivity index (χ1n) is 9.18. The number of nitrogens with zero attached hydrogens (tertiary/aromatic N) is 4. The molecule has 2 fully saturated rings. The van der Waals surface area contributed by atoms with Gasteiger partial charge in [-0.3, -0.25) is 4.79 Å². The van der Waals surface area contributed by atoms with Crippen LogP contribution in [0.2, 0.25) is 0 Å². The van der Waals surface area contributed by atoms with Crippen LogP contribution in [0.15, 0.2) is 18.3 Å². The second kappa shape index (κ2) is 8.30. The molecule has 0 bridgehead atoms. The molecule has 2 atom stereocenters. The van der Waals surface area contributed by atoms with Crippen LogP contribution in [0.5, 0.6) is 0 Å². The van der Waals surface area contributed by atoms with E-state index in [4.69, 9.17) is 10.00 Å². The third kappa shape index (κ3) is 4.49. The van der Waals surface area contributed by atoms with Crippen LogP contribution in [-0.4, -0.2) is 54.7 Å². The van der Waals surface area contributed by atoms with E-state index >= 15 is 0 Å². The summed E-state index contributed by atoms with van der Waals surface area (Å²) in [5.74, 6) is 1.44. The Morgan fingerprint density at radius 1 is 1.32 bits per heavy atom. The standard InChI is InChI=1S/C19H26N4O2/c1-15-4-2-3-5-17(15)25-14-19(24)23-10-8-22(9-11-23)18-12-16(13-20)6-7-21-18/h6-7,12,15,17H,2-5,8-11,14H2,1H3/t15-,17-/m1/s1. The summed E-state index contributed by atoms with van der Waals surface area (Å²) in [5.41, 5.74) is 0.610. The van der Waals surface area contributed by atoms with Crippen LogP contribution in [0, 0.1) is 17.2 Å². The lowest BCUT2D eigenvalue weighted by molar-refractivity contribution is -0.140. The molecule has 1 amide bonds. The van der Waals surface area contributed by atoms with Gasteiger partial charge in [0, 0.05) is 32.4 Å². The fourth-order valence-corrected chi connectivity index (χ4v) is 3.65. The van der Waals surface area contributed by atoms with Crippen molar-refractivity contribution in [3.05, 3.63) is 23.9 Å². The van der Waals surface area contributed by atoms with Gasteiger partial charge < -0.3 is 14.5 Å². The van der Waals surface area contributed by atoms with Crippen LogP contribution in [0.4, 0.5) is 5.82 Å². The number of ether oxygens (including phenoxy) is 1. The van der Waals surface area contributed by atoms with Crippen molar-refractivity contribution in [2.24, 2.45) is 5.92 Å². The van der Waals surface area contributed by atoms with Crippen molar-refractivity contribution in [3.63, 3.8) is 0 Å². The predicted molar refractivity (Wildman–Crippen MR) is 95.1 cm³/mol. The number of hydrogen-bond donors (Lipinski definition) is 0. The lowest BCUT2D eigenvalue weighted by Crippen LogP contribution is -2.50. The van der Waals surface area contributed by atoms with Crippen molar-refractivity contribution in [1.82, 2.24) is 9.88 Å². The Morgan fingerprint density at radius 3 is 2.80 bits per heavy atom. The summed E-state index contributed by atoms with van der Waals surface area (Å²) in [4.78, 5) is 20.7. The third-order valence-electron chi connectivity index (χ3n) is 5.28. The van der Waals surface area contributed by atoms with E-state index in [1.807, 2.05) is 4.90 Å². The maximum Gasteiger partial charge on any atom is 0.248 e. The van der Waals surface area contributed by atoms with Gasteiger partial charge in [0.1, 0.15) is 12.4 Å². The molecule has 2 heterocycles. The van der Waals surface area contributed by atoms with E-state index in [9.17, 15) is 4.79 Å². The molecule has 1 aliphatic carbocycles. The molecular weight excluding hydrogens is 316 g/mol. The number of aromatic nitrogens is 1. The summed E-state index contributed by atoms with van der Waals surface area (Å²) in [6.07, 6.45) is 6.64. The smallest absolute Gasteiger partial charge is 0.248 e. The van der Waals surface area contributed by atoms with E-state index in [-0.39, 0.29) is 18.6 Å². The van der Waals surface area contributed by atoms with Crippen molar-refractivity contribution in [2.75, 3.05) is 37.7 Å². The lowest BCUT2D eigenvalue weighted by Gasteiger charge is -2.36. The fourth-order valence-electron chi connectivity index (χ4n) is 3.65. The zero-order valence-corrected chi connectivity index (χ0v) is 14.9. The zero-order chi connectivity index (χ0) is 17.6. The molecule has 0 unspecified atom stereocenters. The average Bonchev–Trinajstić information content (AvgIpc) is 2.67. The number of nitriles is 1. The number of carbonyl (C=O) groups excluding carboxylic acids is 1. The van der Waals surface area contributed by atoms with Gasteiger partial charge in [-0.05, 0) is 30.9 Å². The number of piperazine rings is 1. The third-order valence-corrected chi connectivity index (χ3v) is 5.28. The molecule has 1 aromatic rings. The van der Waals surface area contributed by atoms with Crippen LogP contribution in [0.1, 0.15) is 38.2 Å². The fraction of sp³-hybridized carbons (Fsp3) is 0.632. The lowest BCUT2D eigenvalue weighted by atomic mass is 9.88. The molecule has 134 valence electrons. The van der Waals surface area contributed by atoms with Crippen LogP contribution < -0.4 is 4.90 Å². The number of hydrogen-bond acceptors (Lipinski definition) is 5. The van der Waals surface area contributed by atoms with E-state index in [0.717, 1.165) is 25.3 Å². The molecule has 25 heavy (non-hydrogen) atoms. The highest BCUT2D eigenvalue weighted by molar-refractivity contribution is 5.77. The van der Waals surface area contributed by atoms with Gasteiger partial charge in [-0.1, -0.05) is 19.8 Å². The maximum atomic E-state index is 12.4. The normalized spacial score (nSPS) is 24.0. The van der Waals surface area contributed by atoms with Crippen molar-refractivity contribution in [1.29, 1.82) is 5.26 Å². The topological polar surface area (TPSA) is 69.5 Å². The van der Waals surface area contributed by atoms with E-state index in [0.29, 0.717) is 24.6 Å². The molecule has 0 aromatic carbocycles. The Morgan fingerprint density at radius 2 is 2.08 bits per heavy atom. The van der Waals surface area contributed by atoms with E-state index < -0.39 is 0 Å². The summed E-state index contributed by atoms with van der Waals surface area (Å²) >= 11 is 0. The Bertz CT molecular complexity index is 635. The van der Waals surface area contributed by atoms with Gasteiger partial charge >= 0.3 is 0 Å². The van der Waals surface area contributed by atoms with Crippen molar-refractivity contribution in [3.8, 4) is 6.07 Å². The Labute approximate surface area is 149 Å². The summed E-state index contributed by atoms with van der Waals surface area (Å²) in [6, 6.07) is 5.64. The van der Waals surface area contributed by atoms with Crippen molar-refractivity contribution >= 4 is 11.7 Å². The molecule has 0 N–H and O–H groups in total. The SMILES string of the molecule is C[C@@H]1CCCC[C@H]1OCC(=O)N1CCN(c2cc(C#N)ccn2)CC1. The first-order chi connectivity index (χ1) is 12.2. The molecule has 6 nitrogen and oxygen atoms in total. The van der Waals surface area contributed by atoms with Crippen molar-refractivity contribution in [2.45, 2.75) is 38.7 Å².